The Bertz CT molecular complexity index is 626. The number of halogens is 2. The number of fused-ring (bicyclic) bond motifs is 1. The fraction of sp³-hybridized carbons (Fsp3) is 0.200. The van der Waals surface area contributed by atoms with Gasteiger partial charge in [-0.1, -0.05) is 6.07 Å². The summed E-state index contributed by atoms with van der Waals surface area (Å²) in [7, 11) is 2.07. The molecule has 0 bridgehead atoms. The molecule has 0 saturated heterocycles. The first kappa shape index (κ1) is 12.1. The second-order valence-corrected chi connectivity index (χ2v) is 4.91. The van der Waals surface area contributed by atoms with Crippen LogP contribution in [0.4, 0.5) is 20.2 Å². The van der Waals surface area contributed by atoms with Crippen molar-refractivity contribution < 1.29 is 8.78 Å². The maximum Gasteiger partial charge on any atom is 0.160 e. The molecule has 0 aromatic heterocycles. The standard InChI is InChI=1S/C15H14F2N2/c1-19-8-10-2-3-12(6-11(10)9-19)18-13-4-5-14(16)15(17)7-13/h2-7,18H,8-9H2,1H3. The van der Waals surface area contributed by atoms with Gasteiger partial charge in [0.05, 0.1) is 0 Å². The van der Waals surface area contributed by atoms with Crippen molar-refractivity contribution in [1.29, 1.82) is 0 Å². The van der Waals surface area contributed by atoms with Crippen molar-refractivity contribution in [3.05, 3.63) is 59.2 Å². The van der Waals surface area contributed by atoms with Gasteiger partial charge in [-0.05, 0) is 42.4 Å². The van der Waals surface area contributed by atoms with E-state index in [0.717, 1.165) is 30.9 Å². The molecule has 1 aliphatic rings. The Morgan fingerprint density at radius 1 is 0.895 bits per heavy atom. The monoisotopic (exact) mass is 260 g/mol. The predicted octanol–water partition coefficient (Wildman–Crippen LogP) is 3.65. The van der Waals surface area contributed by atoms with Crippen LogP contribution in [0.2, 0.25) is 0 Å². The Hall–Kier alpha value is -1.94. The zero-order valence-electron chi connectivity index (χ0n) is 10.6. The molecule has 0 aliphatic carbocycles. The van der Waals surface area contributed by atoms with E-state index in [1.165, 1.54) is 17.2 Å². The van der Waals surface area contributed by atoms with Gasteiger partial charge >= 0.3 is 0 Å². The van der Waals surface area contributed by atoms with E-state index in [0.29, 0.717) is 5.69 Å². The first-order valence-electron chi connectivity index (χ1n) is 6.14. The largest absolute Gasteiger partial charge is 0.355 e. The number of rotatable bonds is 2. The van der Waals surface area contributed by atoms with Gasteiger partial charge < -0.3 is 5.32 Å². The highest BCUT2D eigenvalue weighted by atomic mass is 19.2. The molecule has 0 amide bonds. The van der Waals surface area contributed by atoms with E-state index >= 15 is 0 Å². The molecule has 2 nitrogen and oxygen atoms in total. The summed E-state index contributed by atoms with van der Waals surface area (Å²) in [6, 6.07) is 9.89. The van der Waals surface area contributed by atoms with Gasteiger partial charge in [0.2, 0.25) is 0 Å². The second kappa shape index (κ2) is 4.63. The zero-order valence-corrected chi connectivity index (χ0v) is 10.6. The normalized spacial score (nSPS) is 14.5. The molecule has 19 heavy (non-hydrogen) atoms. The maximum absolute atomic E-state index is 13.1. The summed E-state index contributed by atoms with van der Waals surface area (Å²) >= 11 is 0. The number of nitrogens with one attached hydrogen (secondary N) is 1. The van der Waals surface area contributed by atoms with E-state index in [9.17, 15) is 8.78 Å². The first-order valence-corrected chi connectivity index (χ1v) is 6.14. The van der Waals surface area contributed by atoms with Gasteiger partial charge in [-0.25, -0.2) is 8.78 Å². The molecule has 0 fully saturated rings. The van der Waals surface area contributed by atoms with Gasteiger partial charge in [-0.15, -0.1) is 0 Å². The summed E-state index contributed by atoms with van der Waals surface area (Å²) in [5, 5.41) is 3.09. The SMILES string of the molecule is CN1Cc2ccc(Nc3ccc(F)c(F)c3)cc2C1. The summed E-state index contributed by atoms with van der Waals surface area (Å²) < 4.78 is 26.0. The fourth-order valence-electron chi connectivity index (χ4n) is 2.38. The molecular weight excluding hydrogens is 246 g/mol. The van der Waals surface area contributed by atoms with Crippen LogP contribution in [0.3, 0.4) is 0 Å². The van der Waals surface area contributed by atoms with Crippen molar-refractivity contribution in [2.75, 3.05) is 12.4 Å². The fourth-order valence-corrected chi connectivity index (χ4v) is 2.38. The Morgan fingerprint density at radius 3 is 2.37 bits per heavy atom. The molecule has 0 unspecified atom stereocenters. The molecular formula is C15H14F2N2. The smallest absolute Gasteiger partial charge is 0.160 e. The van der Waals surface area contributed by atoms with Crippen LogP contribution in [-0.2, 0) is 13.1 Å². The van der Waals surface area contributed by atoms with Crippen LogP contribution >= 0.6 is 0 Å². The minimum absolute atomic E-state index is 0.546. The Labute approximate surface area is 110 Å². The van der Waals surface area contributed by atoms with Crippen molar-refractivity contribution in [2.24, 2.45) is 0 Å². The van der Waals surface area contributed by atoms with E-state index in [1.807, 2.05) is 6.07 Å². The highest BCUT2D eigenvalue weighted by Crippen LogP contribution is 2.26. The van der Waals surface area contributed by atoms with E-state index in [4.69, 9.17) is 0 Å². The molecule has 98 valence electrons. The maximum atomic E-state index is 13.1. The van der Waals surface area contributed by atoms with Gasteiger partial charge in [-0.2, -0.15) is 0 Å². The van der Waals surface area contributed by atoms with Crippen molar-refractivity contribution in [1.82, 2.24) is 4.90 Å². The number of nitrogens with zero attached hydrogens (tertiary/aromatic N) is 1. The second-order valence-electron chi connectivity index (χ2n) is 4.91. The molecule has 3 rings (SSSR count). The van der Waals surface area contributed by atoms with Crippen molar-refractivity contribution in [2.45, 2.75) is 13.1 Å². The number of hydrogen-bond acceptors (Lipinski definition) is 2. The molecule has 4 heteroatoms. The van der Waals surface area contributed by atoms with Crippen molar-refractivity contribution in [3.63, 3.8) is 0 Å². The molecule has 2 aromatic carbocycles. The van der Waals surface area contributed by atoms with E-state index < -0.39 is 11.6 Å². The molecule has 1 N–H and O–H groups in total. The van der Waals surface area contributed by atoms with Crippen LogP contribution < -0.4 is 5.32 Å². The molecule has 1 heterocycles. The lowest BCUT2D eigenvalue weighted by Gasteiger charge is -2.08. The summed E-state index contributed by atoms with van der Waals surface area (Å²) in [6.45, 7) is 1.88. The zero-order chi connectivity index (χ0) is 13.4. The number of hydrogen-bond donors (Lipinski definition) is 1. The van der Waals surface area contributed by atoms with Crippen LogP contribution in [0.5, 0.6) is 0 Å². The summed E-state index contributed by atoms with van der Waals surface area (Å²) in [6.07, 6.45) is 0. The third kappa shape index (κ3) is 2.44. The predicted molar refractivity (Wildman–Crippen MR) is 71.3 cm³/mol. The highest BCUT2D eigenvalue weighted by Gasteiger charge is 2.15. The molecule has 0 spiro atoms. The van der Waals surface area contributed by atoms with Crippen LogP contribution in [0.1, 0.15) is 11.1 Å². The van der Waals surface area contributed by atoms with Gasteiger partial charge in [-0.3, -0.25) is 4.90 Å². The van der Waals surface area contributed by atoms with Gasteiger partial charge in [0, 0.05) is 30.5 Å². The molecule has 2 aromatic rings. The van der Waals surface area contributed by atoms with Crippen LogP contribution in [0, 0.1) is 11.6 Å². The van der Waals surface area contributed by atoms with Crippen molar-refractivity contribution >= 4 is 11.4 Å². The van der Waals surface area contributed by atoms with Gasteiger partial charge in [0.1, 0.15) is 0 Å². The molecule has 0 atom stereocenters. The van der Waals surface area contributed by atoms with Gasteiger partial charge in [0.25, 0.3) is 0 Å². The summed E-state index contributed by atoms with van der Waals surface area (Å²) in [5.74, 6) is -1.67. The Balaban J connectivity index is 1.84. The Morgan fingerprint density at radius 2 is 1.58 bits per heavy atom. The topological polar surface area (TPSA) is 15.3 Å². The third-order valence-corrected chi connectivity index (χ3v) is 3.30. The molecule has 0 saturated carbocycles. The lowest BCUT2D eigenvalue weighted by molar-refractivity contribution is 0.353. The minimum Gasteiger partial charge on any atom is -0.355 e. The Kier molecular flexibility index (Phi) is 2.95. The quantitative estimate of drug-likeness (QED) is 0.886. The minimum atomic E-state index is -0.842. The highest BCUT2D eigenvalue weighted by molar-refractivity contribution is 5.61. The van der Waals surface area contributed by atoms with Crippen LogP contribution in [0.15, 0.2) is 36.4 Å². The van der Waals surface area contributed by atoms with Crippen LogP contribution in [-0.4, -0.2) is 11.9 Å². The average molecular weight is 260 g/mol. The summed E-state index contributed by atoms with van der Waals surface area (Å²) in [5.41, 5.74) is 4.03. The average Bonchev–Trinajstić information content (AvgIpc) is 2.73. The van der Waals surface area contributed by atoms with Crippen LogP contribution in [0.25, 0.3) is 0 Å². The summed E-state index contributed by atoms with van der Waals surface area (Å²) in [4.78, 5) is 2.23. The lowest BCUT2D eigenvalue weighted by atomic mass is 10.1. The third-order valence-electron chi connectivity index (χ3n) is 3.30. The lowest BCUT2D eigenvalue weighted by Crippen LogP contribution is -2.07. The molecule has 1 aliphatic heterocycles. The van der Waals surface area contributed by atoms with E-state index in [2.05, 4.69) is 29.4 Å². The van der Waals surface area contributed by atoms with Crippen molar-refractivity contribution in [3.8, 4) is 0 Å². The molecule has 0 radical (unpaired) electrons. The van der Waals surface area contributed by atoms with E-state index in [1.54, 1.807) is 0 Å². The number of anilines is 2. The van der Waals surface area contributed by atoms with E-state index in [-0.39, 0.29) is 0 Å². The van der Waals surface area contributed by atoms with Gasteiger partial charge in [0.15, 0.2) is 11.6 Å². The number of benzene rings is 2. The first-order chi connectivity index (χ1) is 9.11.